The highest BCUT2D eigenvalue weighted by atomic mass is 32.2. The smallest absolute Gasteiger partial charge is 0.417 e. The maximum atomic E-state index is 14.4. The minimum absolute atomic E-state index is 0.0692. The van der Waals surface area contributed by atoms with Crippen LogP contribution >= 0.6 is 11.8 Å². The van der Waals surface area contributed by atoms with Gasteiger partial charge in [0.15, 0.2) is 0 Å². The van der Waals surface area contributed by atoms with E-state index in [2.05, 4.69) is 10.6 Å². The number of hydrogen-bond acceptors (Lipinski definition) is 6. The second-order valence-electron chi connectivity index (χ2n) is 12.1. The summed E-state index contributed by atoms with van der Waals surface area (Å²) in [4.78, 5) is 54.7. The van der Waals surface area contributed by atoms with Gasteiger partial charge in [0.2, 0.25) is 11.8 Å². The normalized spacial score (nSPS) is 20.4. The zero-order chi connectivity index (χ0) is 30.9. The monoisotopic (exact) mass is 612 g/mol. The van der Waals surface area contributed by atoms with E-state index in [9.17, 15) is 32.3 Å². The minimum Gasteiger partial charge on any atom is -0.444 e. The van der Waals surface area contributed by atoms with E-state index in [1.807, 2.05) is 0 Å². The van der Waals surface area contributed by atoms with Gasteiger partial charge in [-0.05, 0) is 58.6 Å². The van der Waals surface area contributed by atoms with Crippen LogP contribution in [0.4, 0.5) is 23.7 Å². The Labute approximate surface area is 248 Å². The first kappa shape index (κ1) is 32.0. The van der Waals surface area contributed by atoms with Crippen molar-refractivity contribution in [1.29, 1.82) is 0 Å². The Hall–Kier alpha value is -2.96. The summed E-state index contributed by atoms with van der Waals surface area (Å²) in [5.41, 5.74) is -2.15. The highest BCUT2D eigenvalue weighted by molar-refractivity contribution is 8.01. The van der Waals surface area contributed by atoms with Crippen molar-refractivity contribution in [3.05, 3.63) is 23.3 Å². The number of alkyl halides is 3. The molecule has 1 aliphatic carbocycles. The lowest BCUT2D eigenvalue weighted by atomic mass is 10.00. The number of carbonyl (C=O) groups excluding carboxylic acids is 4. The number of amides is 4. The number of rotatable bonds is 6. The lowest BCUT2D eigenvalue weighted by molar-refractivity contribution is -0.138. The van der Waals surface area contributed by atoms with Gasteiger partial charge in [-0.2, -0.15) is 13.2 Å². The molecular weight excluding hydrogens is 573 g/mol. The zero-order valence-electron chi connectivity index (χ0n) is 24.5. The third-order valence-electron chi connectivity index (χ3n) is 7.68. The molecule has 2 fully saturated rings. The van der Waals surface area contributed by atoms with Gasteiger partial charge in [-0.3, -0.25) is 14.4 Å². The Morgan fingerprint density at radius 1 is 1.12 bits per heavy atom. The molecule has 2 N–H and O–H groups in total. The van der Waals surface area contributed by atoms with Gasteiger partial charge >= 0.3 is 12.3 Å². The quantitative estimate of drug-likeness (QED) is 0.462. The summed E-state index contributed by atoms with van der Waals surface area (Å²) in [6.45, 7) is 7.63. The molecule has 1 aromatic carbocycles. The summed E-state index contributed by atoms with van der Waals surface area (Å²) in [6, 6.07) is 1.55. The molecule has 0 aromatic heterocycles. The number of thioether (sulfide) groups is 1. The summed E-state index contributed by atoms with van der Waals surface area (Å²) >= 11 is 1.15. The molecule has 3 aliphatic rings. The van der Waals surface area contributed by atoms with Crippen LogP contribution in [0.15, 0.2) is 17.0 Å². The SMILES string of the molecule is CCC(=O)NCCN1C(=O)C2(CCCC2)Sc2cc(C(F)(F)F)c(C(=O)N[C@@H]3CCCN(C(=O)OC(C)(C)C)C3)cc21. The third kappa shape index (κ3) is 7.15. The number of hydrogen-bond donors (Lipinski definition) is 2. The van der Waals surface area contributed by atoms with Gasteiger partial charge < -0.3 is 25.2 Å². The van der Waals surface area contributed by atoms with Gasteiger partial charge in [0.1, 0.15) is 5.60 Å². The van der Waals surface area contributed by atoms with E-state index in [0.29, 0.717) is 32.2 Å². The fourth-order valence-electron chi connectivity index (χ4n) is 5.66. The van der Waals surface area contributed by atoms with E-state index in [1.165, 1.54) is 9.80 Å². The van der Waals surface area contributed by atoms with Crippen LogP contribution in [-0.4, -0.2) is 71.3 Å². The van der Waals surface area contributed by atoms with Crippen molar-refractivity contribution in [3.63, 3.8) is 0 Å². The van der Waals surface area contributed by atoms with Crippen LogP contribution in [0, 0.1) is 0 Å². The van der Waals surface area contributed by atoms with Crippen molar-refractivity contribution in [2.24, 2.45) is 0 Å². The molecule has 0 radical (unpaired) electrons. The number of piperidine rings is 1. The van der Waals surface area contributed by atoms with Crippen LogP contribution in [0.1, 0.15) is 88.6 Å². The summed E-state index contributed by atoms with van der Waals surface area (Å²) in [5, 5.41) is 5.41. The molecule has 0 unspecified atom stereocenters. The molecule has 0 bridgehead atoms. The van der Waals surface area contributed by atoms with Gasteiger partial charge in [-0.25, -0.2) is 4.79 Å². The van der Waals surface area contributed by atoms with Gasteiger partial charge in [0, 0.05) is 43.5 Å². The number of benzene rings is 1. The second-order valence-corrected chi connectivity index (χ2v) is 13.5. The molecule has 2 aliphatic heterocycles. The van der Waals surface area contributed by atoms with Crippen molar-refractivity contribution in [1.82, 2.24) is 15.5 Å². The fourth-order valence-corrected chi connectivity index (χ4v) is 7.22. The number of nitrogens with zero attached hydrogens (tertiary/aromatic N) is 2. The molecule has 232 valence electrons. The highest BCUT2D eigenvalue weighted by Gasteiger charge is 2.50. The van der Waals surface area contributed by atoms with Crippen LogP contribution in [0.3, 0.4) is 0 Å². The van der Waals surface area contributed by atoms with E-state index in [-0.39, 0.29) is 48.5 Å². The average Bonchev–Trinajstić information content (AvgIpc) is 3.38. The Morgan fingerprint density at radius 2 is 1.81 bits per heavy atom. The summed E-state index contributed by atoms with van der Waals surface area (Å²) in [7, 11) is 0. The number of carbonyl (C=O) groups is 4. The van der Waals surface area contributed by atoms with Gasteiger partial charge in [-0.1, -0.05) is 19.8 Å². The molecule has 13 heteroatoms. The first-order valence-electron chi connectivity index (χ1n) is 14.5. The maximum Gasteiger partial charge on any atom is 0.417 e. The summed E-state index contributed by atoms with van der Waals surface area (Å²) in [5.74, 6) is -1.35. The summed E-state index contributed by atoms with van der Waals surface area (Å²) < 4.78 is 47.7. The topological polar surface area (TPSA) is 108 Å². The predicted octanol–water partition coefficient (Wildman–Crippen LogP) is 5.11. The average molecular weight is 613 g/mol. The molecule has 1 spiro atoms. The van der Waals surface area contributed by atoms with Crippen molar-refractivity contribution >= 4 is 41.3 Å². The molecule has 4 amide bonds. The largest absolute Gasteiger partial charge is 0.444 e. The number of halogens is 3. The molecule has 1 saturated heterocycles. The zero-order valence-corrected chi connectivity index (χ0v) is 25.3. The first-order valence-corrected chi connectivity index (χ1v) is 15.3. The molecule has 9 nitrogen and oxygen atoms in total. The van der Waals surface area contributed by atoms with Crippen LogP contribution < -0.4 is 15.5 Å². The molecule has 42 heavy (non-hydrogen) atoms. The number of fused-ring (bicyclic) bond motifs is 1. The predicted molar refractivity (Wildman–Crippen MR) is 152 cm³/mol. The van der Waals surface area contributed by atoms with E-state index in [1.54, 1.807) is 27.7 Å². The Kier molecular flexibility index (Phi) is 9.39. The van der Waals surface area contributed by atoms with E-state index < -0.39 is 45.7 Å². The molecule has 1 aromatic rings. The van der Waals surface area contributed by atoms with Gasteiger partial charge in [-0.15, -0.1) is 11.8 Å². The third-order valence-corrected chi connectivity index (χ3v) is 9.20. The number of likely N-dealkylation sites (tertiary alicyclic amines) is 1. The van der Waals surface area contributed by atoms with Crippen molar-refractivity contribution in [2.75, 3.05) is 31.1 Å². The molecule has 1 saturated carbocycles. The van der Waals surface area contributed by atoms with Gasteiger partial charge in [0.05, 0.1) is 21.6 Å². The van der Waals surface area contributed by atoms with E-state index in [4.69, 9.17) is 4.74 Å². The Bertz CT molecular complexity index is 1230. The highest BCUT2D eigenvalue weighted by Crippen LogP contribution is 2.54. The van der Waals surface area contributed by atoms with Crippen molar-refractivity contribution < 1.29 is 37.1 Å². The molecule has 1 atom stereocenters. The fraction of sp³-hybridized carbons (Fsp3) is 0.655. The Morgan fingerprint density at radius 3 is 2.43 bits per heavy atom. The van der Waals surface area contributed by atoms with Crippen molar-refractivity contribution in [2.45, 2.75) is 100 Å². The summed E-state index contributed by atoms with van der Waals surface area (Å²) in [6.07, 6.45) is -1.39. The van der Waals surface area contributed by atoms with Crippen LogP contribution in [0.2, 0.25) is 0 Å². The minimum atomic E-state index is -4.82. The molecule has 2 heterocycles. The van der Waals surface area contributed by atoms with Crippen LogP contribution in [0.25, 0.3) is 0 Å². The van der Waals surface area contributed by atoms with Crippen LogP contribution in [0.5, 0.6) is 0 Å². The first-order chi connectivity index (χ1) is 19.6. The standard InChI is InChI=1S/C29H39F3N4O5S/c1-5-23(37)33-12-14-36-21-15-19(24(38)34-18-9-8-13-35(17-18)26(40)41-27(2,3)4)20(29(30,31)32)16-22(21)42-28(25(36)39)10-6-7-11-28/h15-16,18H,5-14,17H2,1-4H3,(H,33,37)(H,34,38)/t18-/m1/s1. The van der Waals surface area contributed by atoms with E-state index >= 15 is 0 Å². The van der Waals surface area contributed by atoms with Crippen molar-refractivity contribution in [3.8, 4) is 0 Å². The van der Waals surface area contributed by atoms with E-state index in [0.717, 1.165) is 36.7 Å². The molecular formula is C29H39F3N4O5S. The number of nitrogens with one attached hydrogen (secondary N) is 2. The van der Waals surface area contributed by atoms with Crippen LogP contribution in [-0.2, 0) is 20.5 Å². The lowest BCUT2D eigenvalue weighted by Crippen LogP contribution is -2.51. The van der Waals surface area contributed by atoms with Gasteiger partial charge in [0.25, 0.3) is 5.91 Å². The lowest BCUT2D eigenvalue weighted by Gasteiger charge is -2.40. The second kappa shape index (κ2) is 12.3. The number of anilines is 1. The number of ether oxygens (including phenoxy) is 1. The Balaban J connectivity index is 1.64. The molecule has 4 rings (SSSR count). The maximum absolute atomic E-state index is 14.4.